The molecule has 0 spiro atoms. The maximum absolute atomic E-state index is 12.5. The lowest BCUT2D eigenvalue weighted by atomic mass is 9.81. The van der Waals surface area contributed by atoms with Crippen molar-refractivity contribution in [3.63, 3.8) is 0 Å². The molecule has 3 fully saturated rings. The molecule has 8 heteroatoms. The van der Waals surface area contributed by atoms with E-state index in [1.54, 1.807) is 0 Å². The number of nitro groups is 1. The quantitative estimate of drug-likeness (QED) is 0.507. The number of non-ortho nitro benzene ring substituents is 1. The zero-order chi connectivity index (χ0) is 17.7. The van der Waals surface area contributed by atoms with Gasteiger partial charge in [0, 0.05) is 17.8 Å². The first-order valence-electron chi connectivity index (χ1n) is 8.35. The van der Waals surface area contributed by atoms with Gasteiger partial charge in [-0.25, -0.2) is 0 Å². The molecule has 4 rings (SSSR count). The van der Waals surface area contributed by atoms with E-state index in [4.69, 9.17) is 0 Å². The molecule has 0 radical (unpaired) electrons. The minimum Gasteiger partial charge on any atom is -0.325 e. The Morgan fingerprint density at radius 2 is 1.68 bits per heavy atom. The predicted octanol–water partition coefficient (Wildman–Crippen LogP) is 1.56. The standard InChI is InChI=1S/C17H17N3O5/c21-13(18-11-3-5-12(6-4-11)20(24)25)8-19-16(22)14-9-1-2-10(7-9)15(14)17(19)23/h3-6,9-10,14-15H,1-2,7-8H2,(H,18,21). The van der Waals surface area contributed by atoms with Crippen LogP contribution in [0.5, 0.6) is 0 Å². The van der Waals surface area contributed by atoms with Crippen molar-refractivity contribution in [2.24, 2.45) is 23.7 Å². The van der Waals surface area contributed by atoms with Crippen LogP contribution in [0.3, 0.4) is 0 Å². The highest BCUT2D eigenvalue weighted by atomic mass is 16.6. The van der Waals surface area contributed by atoms with Gasteiger partial charge in [-0.2, -0.15) is 0 Å². The number of imide groups is 1. The second kappa shape index (κ2) is 5.65. The van der Waals surface area contributed by atoms with Crippen LogP contribution in [-0.2, 0) is 14.4 Å². The summed E-state index contributed by atoms with van der Waals surface area (Å²) >= 11 is 0. The molecule has 3 amide bonds. The lowest BCUT2D eigenvalue weighted by Crippen LogP contribution is -2.39. The summed E-state index contributed by atoms with van der Waals surface area (Å²) in [7, 11) is 0. The lowest BCUT2D eigenvalue weighted by Gasteiger charge is -2.19. The maximum Gasteiger partial charge on any atom is 0.269 e. The van der Waals surface area contributed by atoms with Crippen molar-refractivity contribution < 1.29 is 19.3 Å². The Hall–Kier alpha value is -2.77. The number of fused-ring (bicyclic) bond motifs is 5. The van der Waals surface area contributed by atoms with E-state index < -0.39 is 10.8 Å². The van der Waals surface area contributed by atoms with E-state index in [0.29, 0.717) is 5.69 Å². The number of carbonyl (C=O) groups excluding carboxylic acids is 3. The Morgan fingerprint density at radius 1 is 1.12 bits per heavy atom. The Kier molecular flexibility index (Phi) is 3.55. The Bertz CT molecular complexity index is 747. The molecule has 1 N–H and O–H groups in total. The largest absolute Gasteiger partial charge is 0.325 e. The molecule has 4 atom stereocenters. The number of likely N-dealkylation sites (tertiary alicyclic amines) is 1. The summed E-state index contributed by atoms with van der Waals surface area (Å²) in [6.07, 6.45) is 2.94. The van der Waals surface area contributed by atoms with Crippen LogP contribution in [0.25, 0.3) is 0 Å². The molecule has 3 aliphatic rings. The summed E-state index contributed by atoms with van der Waals surface area (Å²) in [4.78, 5) is 48.5. The van der Waals surface area contributed by atoms with Gasteiger partial charge in [-0.05, 0) is 43.2 Å². The molecule has 130 valence electrons. The molecule has 2 saturated carbocycles. The van der Waals surface area contributed by atoms with Crippen molar-refractivity contribution in [2.75, 3.05) is 11.9 Å². The van der Waals surface area contributed by atoms with Gasteiger partial charge in [-0.15, -0.1) is 0 Å². The number of carbonyl (C=O) groups is 3. The Labute approximate surface area is 143 Å². The fourth-order valence-electron chi connectivity index (χ4n) is 4.64. The number of hydrogen-bond acceptors (Lipinski definition) is 5. The third kappa shape index (κ3) is 2.48. The van der Waals surface area contributed by atoms with E-state index in [0.717, 1.165) is 24.2 Å². The molecule has 0 aromatic heterocycles. The van der Waals surface area contributed by atoms with Crippen LogP contribution in [0.15, 0.2) is 24.3 Å². The molecule has 1 saturated heterocycles. The third-order valence-corrected chi connectivity index (χ3v) is 5.68. The molecular formula is C17H17N3O5. The van der Waals surface area contributed by atoms with Crippen LogP contribution < -0.4 is 5.32 Å². The summed E-state index contributed by atoms with van der Waals surface area (Å²) in [5.41, 5.74) is 0.307. The van der Waals surface area contributed by atoms with E-state index in [2.05, 4.69) is 5.32 Å². The number of hydrogen-bond donors (Lipinski definition) is 1. The van der Waals surface area contributed by atoms with E-state index in [9.17, 15) is 24.5 Å². The first kappa shape index (κ1) is 15.7. The lowest BCUT2D eigenvalue weighted by molar-refractivity contribution is -0.384. The van der Waals surface area contributed by atoms with E-state index in [1.165, 1.54) is 24.3 Å². The van der Waals surface area contributed by atoms with Gasteiger partial charge in [0.1, 0.15) is 6.54 Å². The highest BCUT2D eigenvalue weighted by molar-refractivity contribution is 6.09. The smallest absolute Gasteiger partial charge is 0.269 e. The first-order chi connectivity index (χ1) is 12.0. The van der Waals surface area contributed by atoms with Crippen molar-refractivity contribution in [3.8, 4) is 0 Å². The number of anilines is 1. The number of rotatable bonds is 4. The van der Waals surface area contributed by atoms with Crippen LogP contribution in [0.2, 0.25) is 0 Å². The zero-order valence-corrected chi connectivity index (χ0v) is 13.4. The molecule has 8 nitrogen and oxygen atoms in total. The van der Waals surface area contributed by atoms with Gasteiger partial charge in [-0.1, -0.05) is 0 Å². The summed E-state index contributed by atoms with van der Waals surface area (Å²) < 4.78 is 0. The van der Waals surface area contributed by atoms with Gasteiger partial charge < -0.3 is 5.32 Å². The Morgan fingerprint density at radius 3 is 2.20 bits per heavy atom. The minimum atomic E-state index is -0.528. The molecule has 1 aromatic rings. The van der Waals surface area contributed by atoms with Crippen molar-refractivity contribution in [3.05, 3.63) is 34.4 Å². The average molecular weight is 343 g/mol. The highest BCUT2D eigenvalue weighted by Crippen LogP contribution is 2.56. The van der Waals surface area contributed by atoms with Gasteiger partial charge >= 0.3 is 0 Å². The molecule has 2 aliphatic carbocycles. The van der Waals surface area contributed by atoms with E-state index in [1.807, 2.05) is 0 Å². The fraction of sp³-hybridized carbons (Fsp3) is 0.471. The first-order valence-corrected chi connectivity index (χ1v) is 8.35. The fourth-order valence-corrected chi connectivity index (χ4v) is 4.64. The molecular weight excluding hydrogens is 326 g/mol. The second-order valence-corrected chi connectivity index (χ2v) is 7.00. The summed E-state index contributed by atoms with van der Waals surface area (Å²) in [5, 5.41) is 13.2. The van der Waals surface area contributed by atoms with Crippen molar-refractivity contribution in [2.45, 2.75) is 19.3 Å². The number of benzene rings is 1. The SMILES string of the molecule is O=C(CN1C(=O)C2C3CCC(C3)C2C1=O)Nc1ccc([N+](=O)[O-])cc1. The molecule has 2 bridgehead atoms. The van der Waals surface area contributed by atoms with Gasteiger partial charge in [0.15, 0.2) is 0 Å². The molecule has 1 heterocycles. The summed E-state index contributed by atoms with van der Waals surface area (Å²) in [6, 6.07) is 5.39. The van der Waals surface area contributed by atoms with Crippen LogP contribution in [0.1, 0.15) is 19.3 Å². The highest BCUT2D eigenvalue weighted by Gasteiger charge is 2.60. The van der Waals surface area contributed by atoms with E-state index in [-0.39, 0.29) is 47.7 Å². The van der Waals surface area contributed by atoms with Crippen molar-refractivity contribution in [1.29, 1.82) is 0 Å². The summed E-state index contributed by atoms with van der Waals surface area (Å²) in [5.74, 6) is -0.829. The minimum absolute atomic E-state index is 0.0776. The van der Waals surface area contributed by atoms with E-state index >= 15 is 0 Å². The van der Waals surface area contributed by atoms with Crippen LogP contribution >= 0.6 is 0 Å². The van der Waals surface area contributed by atoms with Crippen LogP contribution in [0, 0.1) is 33.8 Å². The maximum atomic E-state index is 12.5. The topological polar surface area (TPSA) is 110 Å². The van der Waals surface area contributed by atoms with Crippen LogP contribution in [-0.4, -0.2) is 34.1 Å². The number of nitro benzene ring substituents is 1. The normalized spacial score (nSPS) is 29.8. The number of nitrogens with zero attached hydrogens (tertiary/aromatic N) is 2. The number of amides is 3. The van der Waals surface area contributed by atoms with Crippen LogP contribution in [0.4, 0.5) is 11.4 Å². The van der Waals surface area contributed by atoms with Crippen molar-refractivity contribution in [1.82, 2.24) is 4.90 Å². The Balaban J connectivity index is 1.42. The zero-order valence-electron chi connectivity index (χ0n) is 13.4. The van der Waals surface area contributed by atoms with Gasteiger partial charge in [0.2, 0.25) is 17.7 Å². The monoisotopic (exact) mass is 343 g/mol. The average Bonchev–Trinajstić information content (AvgIpc) is 3.25. The number of nitrogens with one attached hydrogen (secondary N) is 1. The second-order valence-electron chi connectivity index (χ2n) is 7.00. The molecule has 4 unspecified atom stereocenters. The van der Waals surface area contributed by atoms with Gasteiger partial charge in [0.25, 0.3) is 5.69 Å². The van der Waals surface area contributed by atoms with Gasteiger partial charge in [-0.3, -0.25) is 29.4 Å². The predicted molar refractivity (Wildman–Crippen MR) is 86.3 cm³/mol. The molecule has 1 aromatic carbocycles. The summed E-state index contributed by atoms with van der Waals surface area (Å²) in [6.45, 7) is -0.304. The van der Waals surface area contributed by atoms with Crippen molar-refractivity contribution >= 4 is 29.1 Å². The van der Waals surface area contributed by atoms with Gasteiger partial charge in [0.05, 0.1) is 16.8 Å². The molecule has 1 aliphatic heterocycles. The molecule has 25 heavy (non-hydrogen) atoms. The third-order valence-electron chi connectivity index (χ3n) is 5.68.